The molecule has 3 N–H and O–H groups in total. The summed E-state index contributed by atoms with van der Waals surface area (Å²) in [6.07, 6.45) is -3.66. The average Bonchev–Trinajstić information content (AvgIpc) is 2.75. The Kier molecular flexibility index (Phi) is 4.91. The van der Waals surface area contributed by atoms with E-state index in [1.54, 1.807) is 0 Å². The summed E-state index contributed by atoms with van der Waals surface area (Å²) in [7, 11) is 1.44. The van der Waals surface area contributed by atoms with Gasteiger partial charge in [-0.15, -0.1) is 0 Å². The Morgan fingerprint density at radius 1 is 1.33 bits per heavy atom. The molecule has 1 fully saturated rings. The third-order valence-electron chi connectivity index (χ3n) is 3.41. The van der Waals surface area contributed by atoms with E-state index in [9.17, 15) is 19.8 Å². The summed E-state index contributed by atoms with van der Waals surface area (Å²) in [5.41, 5.74) is -1.19. The Morgan fingerprint density at radius 3 is 2.62 bits per heavy atom. The highest BCUT2D eigenvalue weighted by atomic mass is 16.6. The fraction of sp³-hybridized carbons (Fsp3) is 0.667. The van der Waals surface area contributed by atoms with Crippen LogP contribution in [0.4, 0.5) is 0 Å². The van der Waals surface area contributed by atoms with E-state index < -0.39 is 42.4 Å². The second kappa shape index (κ2) is 6.50. The quantitative estimate of drug-likeness (QED) is 0.539. The number of ether oxygens (including phenoxy) is 2. The second-order valence-corrected chi connectivity index (χ2v) is 4.72. The molecule has 0 aliphatic carbocycles. The molecule has 9 heteroatoms. The zero-order valence-corrected chi connectivity index (χ0v) is 11.5. The van der Waals surface area contributed by atoms with E-state index >= 15 is 0 Å². The summed E-state index contributed by atoms with van der Waals surface area (Å²) in [6.45, 7) is -0.258. The van der Waals surface area contributed by atoms with Gasteiger partial charge in [0.15, 0.2) is 6.23 Å². The predicted octanol–water partition coefficient (Wildman–Crippen LogP) is -2.73. The Hall–Kier alpha value is -1.52. The highest BCUT2D eigenvalue weighted by Crippen LogP contribution is 2.27. The zero-order chi connectivity index (χ0) is 15.6. The van der Waals surface area contributed by atoms with Crippen LogP contribution in [0.2, 0.25) is 0 Å². The van der Waals surface area contributed by atoms with Crippen LogP contribution in [0.25, 0.3) is 0 Å². The Morgan fingerprint density at radius 2 is 2.05 bits per heavy atom. The molecule has 2 rings (SSSR count). The monoisotopic (exact) mass is 302 g/mol. The number of aliphatic hydroxyl groups excluding tert-OH is 3. The zero-order valence-electron chi connectivity index (χ0n) is 11.5. The van der Waals surface area contributed by atoms with Crippen molar-refractivity contribution in [1.82, 2.24) is 9.13 Å². The summed E-state index contributed by atoms with van der Waals surface area (Å²) in [6, 6.07) is 1.16. The number of methoxy groups -OCH3 is 1. The van der Waals surface area contributed by atoms with Gasteiger partial charge >= 0.3 is 5.69 Å². The van der Waals surface area contributed by atoms with E-state index in [0.29, 0.717) is 0 Å². The third-order valence-corrected chi connectivity index (χ3v) is 3.41. The molecule has 9 nitrogen and oxygen atoms in total. The van der Waals surface area contributed by atoms with Crippen LogP contribution < -0.4 is 11.2 Å². The molecule has 0 radical (unpaired) electrons. The van der Waals surface area contributed by atoms with Crippen LogP contribution in [0.15, 0.2) is 21.9 Å². The first-order chi connectivity index (χ1) is 10.0. The Bertz CT molecular complexity index is 596. The standard InChI is InChI=1S/C12H18N2O7/c1-20-5-4-13-8(16)2-3-14(12(13)19)11-10(18)9(17)7(6-15)21-11/h2-3,7,9-11,15,17-18H,4-6H2,1H3/t7-,9+,10?,11-/m1/s1. The maximum absolute atomic E-state index is 12.3. The van der Waals surface area contributed by atoms with E-state index in [4.69, 9.17) is 14.6 Å². The van der Waals surface area contributed by atoms with Crippen molar-refractivity contribution in [2.24, 2.45) is 0 Å². The second-order valence-electron chi connectivity index (χ2n) is 4.72. The lowest BCUT2D eigenvalue weighted by molar-refractivity contribution is -0.0557. The van der Waals surface area contributed by atoms with Crippen LogP contribution >= 0.6 is 0 Å². The molecule has 1 aromatic heterocycles. The molecule has 1 aliphatic rings. The summed E-state index contributed by atoms with van der Waals surface area (Å²) in [4.78, 5) is 23.9. The highest BCUT2D eigenvalue weighted by Gasteiger charge is 2.43. The van der Waals surface area contributed by atoms with Crippen molar-refractivity contribution in [3.05, 3.63) is 33.1 Å². The van der Waals surface area contributed by atoms with Gasteiger partial charge in [0.1, 0.15) is 18.3 Å². The Balaban J connectivity index is 2.37. The normalized spacial score (nSPS) is 29.0. The average molecular weight is 302 g/mol. The SMILES string of the molecule is COCCn1c(=O)ccn([C@@H]2O[C@H](CO)[C@H](O)C2O)c1=O. The van der Waals surface area contributed by atoms with Gasteiger partial charge in [0.2, 0.25) is 0 Å². The van der Waals surface area contributed by atoms with Gasteiger partial charge < -0.3 is 24.8 Å². The molecule has 1 saturated heterocycles. The van der Waals surface area contributed by atoms with Crippen LogP contribution in [0.1, 0.15) is 6.23 Å². The van der Waals surface area contributed by atoms with Gasteiger partial charge in [-0.1, -0.05) is 0 Å². The lowest BCUT2D eigenvalue weighted by Gasteiger charge is -2.18. The highest BCUT2D eigenvalue weighted by molar-refractivity contribution is 4.94. The molecule has 0 amide bonds. The van der Waals surface area contributed by atoms with E-state index in [1.165, 1.54) is 13.3 Å². The van der Waals surface area contributed by atoms with Gasteiger partial charge in [-0.05, 0) is 0 Å². The lowest BCUT2D eigenvalue weighted by atomic mass is 10.1. The molecular formula is C12H18N2O7. The summed E-state index contributed by atoms with van der Waals surface area (Å²) >= 11 is 0. The first-order valence-corrected chi connectivity index (χ1v) is 6.44. The fourth-order valence-electron chi connectivity index (χ4n) is 2.22. The van der Waals surface area contributed by atoms with Crippen molar-refractivity contribution in [1.29, 1.82) is 0 Å². The smallest absolute Gasteiger partial charge is 0.333 e. The van der Waals surface area contributed by atoms with E-state index in [0.717, 1.165) is 15.2 Å². The first-order valence-electron chi connectivity index (χ1n) is 6.44. The number of hydrogen-bond acceptors (Lipinski definition) is 7. The van der Waals surface area contributed by atoms with E-state index in [1.807, 2.05) is 0 Å². The van der Waals surface area contributed by atoms with E-state index in [2.05, 4.69) is 0 Å². The number of nitrogens with zero attached hydrogens (tertiary/aromatic N) is 2. The molecule has 118 valence electrons. The molecule has 1 aliphatic heterocycles. The minimum atomic E-state index is -1.38. The number of aliphatic hydroxyl groups is 3. The van der Waals surface area contributed by atoms with Crippen LogP contribution in [-0.4, -0.2) is 63.1 Å². The lowest BCUT2D eigenvalue weighted by Crippen LogP contribution is -2.43. The largest absolute Gasteiger partial charge is 0.394 e. The third kappa shape index (κ3) is 2.92. The molecule has 4 atom stereocenters. The van der Waals surface area contributed by atoms with Crippen LogP contribution in [0.5, 0.6) is 0 Å². The molecule has 0 bridgehead atoms. The summed E-state index contributed by atoms with van der Waals surface area (Å²) < 4.78 is 12.1. The maximum atomic E-state index is 12.3. The van der Waals surface area contributed by atoms with Crippen molar-refractivity contribution in [2.45, 2.75) is 31.1 Å². The molecular weight excluding hydrogens is 284 g/mol. The number of hydrogen-bond donors (Lipinski definition) is 3. The van der Waals surface area contributed by atoms with Gasteiger partial charge in [0, 0.05) is 19.4 Å². The van der Waals surface area contributed by atoms with Gasteiger partial charge in [0.05, 0.1) is 19.8 Å². The van der Waals surface area contributed by atoms with Crippen LogP contribution in [0.3, 0.4) is 0 Å². The van der Waals surface area contributed by atoms with Crippen molar-refractivity contribution < 1.29 is 24.8 Å². The fourth-order valence-corrected chi connectivity index (χ4v) is 2.22. The van der Waals surface area contributed by atoms with Gasteiger partial charge in [-0.2, -0.15) is 0 Å². The molecule has 1 aromatic rings. The van der Waals surface area contributed by atoms with Crippen molar-refractivity contribution in [3.8, 4) is 0 Å². The molecule has 0 saturated carbocycles. The van der Waals surface area contributed by atoms with E-state index in [-0.39, 0.29) is 13.2 Å². The van der Waals surface area contributed by atoms with Crippen LogP contribution in [-0.2, 0) is 16.0 Å². The molecule has 2 heterocycles. The van der Waals surface area contributed by atoms with Gasteiger partial charge in [0.25, 0.3) is 5.56 Å². The van der Waals surface area contributed by atoms with Gasteiger partial charge in [-0.25, -0.2) is 4.79 Å². The van der Waals surface area contributed by atoms with Crippen molar-refractivity contribution in [2.75, 3.05) is 20.3 Å². The topological polar surface area (TPSA) is 123 Å². The van der Waals surface area contributed by atoms with Crippen LogP contribution in [0, 0.1) is 0 Å². The van der Waals surface area contributed by atoms with Crippen molar-refractivity contribution >= 4 is 0 Å². The predicted molar refractivity (Wildman–Crippen MR) is 69.8 cm³/mol. The first kappa shape index (κ1) is 15.9. The Labute approximate surface area is 119 Å². The minimum Gasteiger partial charge on any atom is -0.394 e. The van der Waals surface area contributed by atoms with Crippen molar-refractivity contribution in [3.63, 3.8) is 0 Å². The van der Waals surface area contributed by atoms with Gasteiger partial charge in [-0.3, -0.25) is 13.9 Å². The molecule has 21 heavy (non-hydrogen) atoms. The molecule has 1 unspecified atom stereocenters. The summed E-state index contributed by atoms with van der Waals surface area (Å²) in [5, 5.41) is 28.7. The number of rotatable bonds is 5. The minimum absolute atomic E-state index is 0.0593. The number of aromatic nitrogens is 2. The maximum Gasteiger partial charge on any atom is 0.333 e. The summed E-state index contributed by atoms with van der Waals surface area (Å²) in [5.74, 6) is 0. The molecule has 0 spiro atoms. The molecule has 0 aromatic carbocycles.